The molecule has 0 bridgehead atoms. The third-order valence-electron chi connectivity index (χ3n) is 2.85. The van der Waals surface area contributed by atoms with E-state index in [1.54, 1.807) is 6.20 Å². The van der Waals surface area contributed by atoms with Crippen LogP contribution >= 0.6 is 11.6 Å². The van der Waals surface area contributed by atoms with Crippen LogP contribution in [0.2, 0.25) is 5.15 Å². The lowest BCUT2D eigenvalue weighted by molar-refractivity contribution is 1.12. The van der Waals surface area contributed by atoms with E-state index < -0.39 is 0 Å². The standard InChI is InChI=1S/C16H12ClN3/c17-15-11-18-12-16(19-15)20(13-7-3-1-4-8-13)14-9-5-2-6-10-14/h1-12H. The number of halogens is 1. The molecule has 3 rings (SSSR count). The van der Waals surface area contributed by atoms with E-state index in [0.717, 1.165) is 11.4 Å². The third kappa shape index (κ3) is 2.63. The van der Waals surface area contributed by atoms with Crippen LogP contribution in [0.5, 0.6) is 0 Å². The van der Waals surface area contributed by atoms with Gasteiger partial charge in [0.1, 0.15) is 5.15 Å². The highest BCUT2D eigenvalue weighted by Crippen LogP contribution is 2.32. The van der Waals surface area contributed by atoms with Gasteiger partial charge in [0.15, 0.2) is 5.82 Å². The Morgan fingerprint density at radius 3 is 1.80 bits per heavy atom. The molecule has 98 valence electrons. The molecule has 0 saturated carbocycles. The lowest BCUT2D eigenvalue weighted by atomic mass is 10.2. The summed E-state index contributed by atoms with van der Waals surface area (Å²) in [6.45, 7) is 0. The van der Waals surface area contributed by atoms with Crippen molar-refractivity contribution in [1.29, 1.82) is 0 Å². The Bertz CT molecular complexity index is 647. The maximum atomic E-state index is 5.96. The molecule has 0 aliphatic heterocycles. The fraction of sp³-hybridized carbons (Fsp3) is 0. The molecule has 4 heteroatoms. The summed E-state index contributed by atoms with van der Waals surface area (Å²) >= 11 is 5.96. The minimum atomic E-state index is 0.374. The van der Waals surface area contributed by atoms with E-state index in [-0.39, 0.29) is 0 Å². The van der Waals surface area contributed by atoms with Crippen molar-refractivity contribution >= 4 is 28.8 Å². The van der Waals surface area contributed by atoms with Gasteiger partial charge < -0.3 is 0 Å². The molecule has 0 fully saturated rings. The molecule has 0 aliphatic carbocycles. The van der Waals surface area contributed by atoms with Crippen molar-refractivity contribution in [2.24, 2.45) is 0 Å². The molecular formula is C16H12ClN3. The quantitative estimate of drug-likeness (QED) is 0.702. The Balaban J connectivity index is 2.14. The van der Waals surface area contributed by atoms with Gasteiger partial charge in [-0.25, -0.2) is 4.98 Å². The van der Waals surface area contributed by atoms with E-state index in [2.05, 4.69) is 9.97 Å². The number of benzene rings is 2. The number of para-hydroxylation sites is 2. The van der Waals surface area contributed by atoms with Crippen LogP contribution in [-0.2, 0) is 0 Å². The molecule has 3 aromatic rings. The molecule has 1 heterocycles. The number of hydrogen-bond acceptors (Lipinski definition) is 3. The fourth-order valence-electron chi connectivity index (χ4n) is 2.01. The van der Waals surface area contributed by atoms with Crippen molar-refractivity contribution in [2.75, 3.05) is 4.90 Å². The number of hydrogen-bond donors (Lipinski definition) is 0. The first-order valence-corrected chi connectivity index (χ1v) is 6.60. The smallest absolute Gasteiger partial charge is 0.157 e. The van der Waals surface area contributed by atoms with Crippen LogP contribution in [-0.4, -0.2) is 9.97 Å². The average Bonchev–Trinajstić information content (AvgIpc) is 2.50. The molecule has 0 unspecified atom stereocenters. The summed E-state index contributed by atoms with van der Waals surface area (Å²) in [6, 6.07) is 20.0. The predicted octanol–water partition coefficient (Wildman–Crippen LogP) is 4.60. The summed E-state index contributed by atoms with van der Waals surface area (Å²) in [5.74, 6) is 0.690. The molecular weight excluding hydrogens is 270 g/mol. The molecule has 3 nitrogen and oxygen atoms in total. The van der Waals surface area contributed by atoms with Gasteiger partial charge in [-0.1, -0.05) is 48.0 Å². The van der Waals surface area contributed by atoms with Crippen molar-refractivity contribution < 1.29 is 0 Å². The van der Waals surface area contributed by atoms with E-state index in [4.69, 9.17) is 11.6 Å². The molecule has 0 spiro atoms. The summed E-state index contributed by atoms with van der Waals surface area (Å²) in [5, 5.41) is 0.374. The van der Waals surface area contributed by atoms with Gasteiger partial charge in [0.2, 0.25) is 0 Å². The van der Waals surface area contributed by atoms with E-state index in [1.807, 2.05) is 65.6 Å². The van der Waals surface area contributed by atoms with Crippen LogP contribution in [0.15, 0.2) is 73.1 Å². The van der Waals surface area contributed by atoms with Crippen molar-refractivity contribution in [3.05, 3.63) is 78.2 Å². The van der Waals surface area contributed by atoms with Gasteiger partial charge in [-0.15, -0.1) is 0 Å². The van der Waals surface area contributed by atoms with Gasteiger partial charge in [-0.2, -0.15) is 0 Å². The highest BCUT2D eigenvalue weighted by molar-refractivity contribution is 6.29. The fourth-order valence-corrected chi connectivity index (χ4v) is 2.15. The minimum Gasteiger partial charge on any atom is -0.294 e. The molecule has 0 saturated heterocycles. The summed E-state index contributed by atoms with van der Waals surface area (Å²) in [4.78, 5) is 10.5. The van der Waals surface area contributed by atoms with Crippen molar-refractivity contribution in [3.8, 4) is 0 Å². The Labute approximate surface area is 122 Å². The van der Waals surface area contributed by atoms with Gasteiger partial charge in [0.25, 0.3) is 0 Å². The second-order valence-electron chi connectivity index (χ2n) is 4.21. The Kier molecular flexibility index (Phi) is 3.61. The van der Waals surface area contributed by atoms with Gasteiger partial charge in [0.05, 0.1) is 12.4 Å². The number of nitrogens with zero attached hydrogens (tertiary/aromatic N) is 3. The molecule has 0 N–H and O–H groups in total. The van der Waals surface area contributed by atoms with Crippen LogP contribution in [0, 0.1) is 0 Å². The second kappa shape index (κ2) is 5.72. The number of rotatable bonds is 3. The molecule has 0 aliphatic rings. The first-order chi connectivity index (χ1) is 9.84. The van der Waals surface area contributed by atoms with E-state index in [1.165, 1.54) is 6.20 Å². The molecule has 0 atom stereocenters. The third-order valence-corrected chi connectivity index (χ3v) is 3.03. The topological polar surface area (TPSA) is 29.0 Å². The largest absolute Gasteiger partial charge is 0.294 e. The van der Waals surface area contributed by atoms with Crippen molar-refractivity contribution in [2.45, 2.75) is 0 Å². The highest BCUT2D eigenvalue weighted by atomic mass is 35.5. The summed E-state index contributed by atoms with van der Waals surface area (Å²) in [6.07, 6.45) is 3.23. The summed E-state index contributed by atoms with van der Waals surface area (Å²) < 4.78 is 0. The zero-order chi connectivity index (χ0) is 13.8. The molecule has 1 aromatic heterocycles. The number of anilines is 3. The van der Waals surface area contributed by atoms with Crippen LogP contribution < -0.4 is 4.90 Å². The first-order valence-electron chi connectivity index (χ1n) is 6.22. The second-order valence-corrected chi connectivity index (χ2v) is 4.59. The lowest BCUT2D eigenvalue weighted by Gasteiger charge is -2.23. The average molecular weight is 282 g/mol. The number of aromatic nitrogens is 2. The van der Waals surface area contributed by atoms with E-state index >= 15 is 0 Å². The van der Waals surface area contributed by atoms with Crippen LogP contribution in [0.25, 0.3) is 0 Å². The normalized spacial score (nSPS) is 10.2. The Hall–Kier alpha value is -2.39. The minimum absolute atomic E-state index is 0.374. The Morgan fingerprint density at radius 1 is 0.750 bits per heavy atom. The SMILES string of the molecule is Clc1cncc(N(c2ccccc2)c2ccccc2)n1. The zero-order valence-electron chi connectivity index (χ0n) is 10.6. The summed E-state index contributed by atoms with van der Waals surface area (Å²) in [7, 11) is 0. The Morgan fingerprint density at radius 2 is 1.30 bits per heavy atom. The molecule has 20 heavy (non-hydrogen) atoms. The molecule has 0 radical (unpaired) electrons. The maximum absolute atomic E-state index is 5.96. The predicted molar refractivity (Wildman–Crippen MR) is 81.7 cm³/mol. The van der Waals surface area contributed by atoms with Crippen LogP contribution in [0.3, 0.4) is 0 Å². The lowest BCUT2D eigenvalue weighted by Crippen LogP contribution is -2.11. The first kappa shape index (κ1) is 12.6. The van der Waals surface area contributed by atoms with E-state index in [9.17, 15) is 0 Å². The molecule has 0 amide bonds. The zero-order valence-corrected chi connectivity index (χ0v) is 11.4. The van der Waals surface area contributed by atoms with Crippen molar-refractivity contribution in [1.82, 2.24) is 9.97 Å². The van der Waals surface area contributed by atoms with Crippen molar-refractivity contribution in [3.63, 3.8) is 0 Å². The highest BCUT2D eigenvalue weighted by Gasteiger charge is 2.13. The van der Waals surface area contributed by atoms with Gasteiger partial charge in [-0.05, 0) is 24.3 Å². The monoisotopic (exact) mass is 281 g/mol. The van der Waals surface area contributed by atoms with Gasteiger partial charge in [-0.3, -0.25) is 9.88 Å². The van der Waals surface area contributed by atoms with E-state index in [0.29, 0.717) is 11.0 Å². The summed E-state index contributed by atoms with van der Waals surface area (Å²) in [5.41, 5.74) is 2.02. The van der Waals surface area contributed by atoms with Gasteiger partial charge >= 0.3 is 0 Å². The van der Waals surface area contributed by atoms with Gasteiger partial charge in [0, 0.05) is 11.4 Å². The maximum Gasteiger partial charge on any atom is 0.157 e. The van der Waals surface area contributed by atoms with Crippen LogP contribution in [0.4, 0.5) is 17.2 Å². The molecule has 2 aromatic carbocycles. The van der Waals surface area contributed by atoms with Crippen LogP contribution in [0.1, 0.15) is 0 Å².